The maximum absolute atomic E-state index is 12.9. The highest BCUT2D eigenvalue weighted by Crippen LogP contribution is 2.32. The molecule has 0 spiro atoms. The van der Waals surface area contributed by atoms with Gasteiger partial charge < -0.3 is 14.3 Å². The predicted molar refractivity (Wildman–Crippen MR) is 118 cm³/mol. The van der Waals surface area contributed by atoms with Crippen molar-refractivity contribution in [1.82, 2.24) is 0 Å². The van der Waals surface area contributed by atoms with Crippen LogP contribution in [-0.4, -0.2) is 23.9 Å². The van der Waals surface area contributed by atoms with Crippen molar-refractivity contribution in [2.24, 2.45) is 5.92 Å². The molecule has 1 N–H and O–H groups in total. The second-order valence-corrected chi connectivity index (χ2v) is 7.23. The van der Waals surface area contributed by atoms with Gasteiger partial charge >= 0.3 is 12.1 Å². The molecule has 0 bridgehead atoms. The summed E-state index contributed by atoms with van der Waals surface area (Å²) in [4.78, 5) is 11.0. The zero-order chi connectivity index (χ0) is 23.7. The third kappa shape index (κ3) is 7.48. The van der Waals surface area contributed by atoms with Gasteiger partial charge in [-0.3, -0.25) is 4.79 Å². The number of aryl methyl sites for hydroxylation is 1. The Morgan fingerprint density at radius 3 is 2.72 bits per heavy atom. The molecule has 0 aliphatic heterocycles. The van der Waals surface area contributed by atoms with E-state index in [-0.39, 0.29) is 6.42 Å². The van der Waals surface area contributed by atoms with Crippen LogP contribution in [0.25, 0.3) is 5.57 Å². The van der Waals surface area contributed by atoms with Crippen LogP contribution in [-0.2, 0) is 16.0 Å². The quantitative estimate of drug-likeness (QED) is 0.319. The lowest BCUT2D eigenvalue weighted by atomic mass is 10.1. The average Bonchev–Trinajstić information content (AvgIpc) is 2.91. The second-order valence-electron chi connectivity index (χ2n) is 7.23. The molecule has 1 unspecified atom stereocenters. The number of carbonyl (C=O) groups is 1. The van der Waals surface area contributed by atoms with Crippen molar-refractivity contribution in [2.45, 2.75) is 39.3 Å². The second kappa shape index (κ2) is 11.4. The molecule has 0 saturated heterocycles. The predicted octanol–water partition coefficient (Wildman–Crippen LogP) is 6.72. The summed E-state index contributed by atoms with van der Waals surface area (Å²) in [6.45, 7) is 7.71. The zero-order valence-electron chi connectivity index (χ0n) is 18.1. The van der Waals surface area contributed by atoms with E-state index >= 15 is 0 Å². The molecule has 1 aliphatic carbocycles. The minimum atomic E-state index is -4.33. The van der Waals surface area contributed by atoms with Gasteiger partial charge in [0.05, 0.1) is 18.9 Å². The van der Waals surface area contributed by atoms with E-state index in [1.165, 1.54) is 18.2 Å². The molecule has 1 aromatic rings. The van der Waals surface area contributed by atoms with E-state index in [0.717, 1.165) is 17.7 Å². The van der Waals surface area contributed by atoms with Crippen LogP contribution in [0.3, 0.4) is 0 Å². The highest BCUT2D eigenvalue weighted by Gasteiger charge is 2.36. The number of alkyl halides is 3. The van der Waals surface area contributed by atoms with E-state index in [4.69, 9.17) is 14.3 Å². The summed E-state index contributed by atoms with van der Waals surface area (Å²) in [5.74, 6) is -0.957. The van der Waals surface area contributed by atoms with Crippen LogP contribution < -0.4 is 0 Å². The van der Waals surface area contributed by atoms with Crippen molar-refractivity contribution >= 4 is 11.5 Å². The Bertz CT molecular complexity index is 972. The normalized spacial score (nSPS) is 17.2. The molecule has 0 radical (unpaired) electrons. The number of ether oxygens (including phenoxy) is 1. The van der Waals surface area contributed by atoms with Gasteiger partial charge in [-0.2, -0.15) is 13.2 Å². The average molecular weight is 448 g/mol. The number of carboxylic acids is 1. The summed E-state index contributed by atoms with van der Waals surface area (Å²) in [7, 11) is 0. The Morgan fingerprint density at radius 1 is 1.34 bits per heavy atom. The van der Waals surface area contributed by atoms with Crippen LogP contribution in [0.4, 0.5) is 13.2 Å². The van der Waals surface area contributed by atoms with Gasteiger partial charge in [0.15, 0.2) is 0 Å². The number of aliphatic carboxylic acids is 1. The summed E-state index contributed by atoms with van der Waals surface area (Å²) in [5, 5.41) is 9.02. The molecule has 0 fully saturated rings. The molecule has 1 aromatic heterocycles. The molecular formula is C25H27F3O4. The summed E-state index contributed by atoms with van der Waals surface area (Å²) in [5.41, 5.74) is 2.06. The SMILES string of the molecule is C=C/C(=C\C(=C/CC)CC(=O)O)OCCc1cc(C2=CC=CC(C(F)(F)F)C=C2)oc1C. The number of hydrogen-bond acceptors (Lipinski definition) is 3. The molecule has 0 aromatic carbocycles. The van der Waals surface area contributed by atoms with Crippen LogP contribution in [0.1, 0.15) is 36.8 Å². The molecule has 32 heavy (non-hydrogen) atoms. The first-order valence-corrected chi connectivity index (χ1v) is 10.2. The molecule has 1 atom stereocenters. The van der Waals surface area contributed by atoms with Gasteiger partial charge in [0.25, 0.3) is 0 Å². The van der Waals surface area contributed by atoms with E-state index in [2.05, 4.69) is 6.58 Å². The van der Waals surface area contributed by atoms with Crippen molar-refractivity contribution in [3.05, 3.63) is 89.7 Å². The Morgan fingerprint density at radius 2 is 2.09 bits per heavy atom. The molecular weight excluding hydrogens is 421 g/mol. The van der Waals surface area contributed by atoms with Crippen molar-refractivity contribution in [3.8, 4) is 0 Å². The van der Waals surface area contributed by atoms with E-state index < -0.39 is 18.1 Å². The maximum Gasteiger partial charge on any atom is 0.398 e. The van der Waals surface area contributed by atoms with Crippen LogP contribution in [0, 0.1) is 12.8 Å². The first-order valence-electron chi connectivity index (χ1n) is 10.2. The summed E-state index contributed by atoms with van der Waals surface area (Å²) < 4.78 is 50.3. The van der Waals surface area contributed by atoms with Crippen molar-refractivity contribution in [3.63, 3.8) is 0 Å². The van der Waals surface area contributed by atoms with Crippen LogP contribution in [0.5, 0.6) is 0 Å². The van der Waals surface area contributed by atoms with E-state index in [0.29, 0.717) is 47.9 Å². The van der Waals surface area contributed by atoms with Crippen LogP contribution >= 0.6 is 0 Å². The minimum Gasteiger partial charge on any atom is -0.493 e. The largest absolute Gasteiger partial charge is 0.493 e. The van der Waals surface area contributed by atoms with E-state index in [1.807, 2.05) is 13.0 Å². The zero-order valence-corrected chi connectivity index (χ0v) is 18.1. The van der Waals surface area contributed by atoms with Gasteiger partial charge in [0.2, 0.25) is 0 Å². The fourth-order valence-corrected chi connectivity index (χ4v) is 3.14. The lowest BCUT2D eigenvalue weighted by Gasteiger charge is -2.11. The summed E-state index contributed by atoms with van der Waals surface area (Å²) in [6, 6.07) is 1.79. The van der Waals surface area contributed by atoms with Gasteiger partial charge in [-0.05, 0) is 42.7 Å². The third-order valence-corrected chi connectivity index (χ3v) is 4.75. The Kier molecular flexibility index (Phi) is 8.93. The first kappa shape index (κ1) is 25.0. The monoisotopic (exact) mass is 448 g/mol. The van der Waals surface area contributed by atoms with Crippen molar-refractivity contribution < 1.29 is 32.2 Å². The number of halogens is 3. The van der Waals surface area contributed by atoms with Crippen molar-refractivity contribution in [2.75, 3.05) is 6.61 Å². The summed E-state index contributed by atoms with van der Waals surface area (Å²) >= 11 is 0. The fourth-order valence-electron chi connectivity index (χ4n) is 3.14. The lowest BCUT2D eigenvalue weighted by Crippen LogP contribution is -2.18. The molecule has 1 aliphatic rings. The Labute approximate surface area is 185 Å². The molecule has 7 heteroatoms. The molecule has 1 heterocycles. The lowest BCUT2D eigenvalue weighted by molar-refractivity contribution is -0.148. The van der Waals surface area contributed by atoms with Gasteiger partial charge in [0.1, 0.15) is 17.3 Å². The van der Waals surface area contributed by atoms with Crippen LogP contribution in [0.2, 0.25) is 0 Å². The fraction of sp³-hybridized carbons (Fsp3) is 0.320. The Balaban J connectivity index is 2.05. The molecule has 0 amide bonds. The number of furan rings is 1. The maximum atomic E-state index is 12.9. The number of allylic oxidation sites excluding steroid dienone is 9. The van der Waals surface area contributed by atoms with E-state index in [9.17, 15) is 18.0 Å². The summed E-state index contributed by atoms with van der Waals surface area (Å²) in [6.07, 6.45) is 8.35. The van der Waals surface area contributed by atoms with E-state index in [1.54, 1.807) is 25.1 Å². The highest BCUT2D eigenvalue weighted by molar-refractivity contribution is 5.73. The first-order chi connectivity index (χ1) is 15.1. The van der Waals surface area contributed by atoms with Gasteiger partial charge in [-0.1, -0.05) is 50.0 Å². The number of carboxylic acid groups (broad SMARTS) is 1. The number of hydrogen-bond donors (Lipinski definition) is 1. The standard InChI is InChI=1S/C25H27F3O4/c1-4-7-18(15-24(29)30)14-22(5-2)31-13-12-20-16-23(32-17(20)3)19-8-6-9-21(11-10-19)25(26,27)28/h5-11,14,16,21H,2,4,12-13,15H2,1,3H3,(H,29,30)/b18-7+,22-14+. The minimum absolute atomic E-state index is 0.106. The topological polar surface area (TPSA) is 59.7 Å². The van der Waals surface area contributed by atoms with Crippen molar-refractivity contribution in [1.29, 1.82) is 0 Å². The molecule has 2 rings (SSSR count). The third-order valence-electron chi connectivity index (χ3n) is 4.75. The van der Waals surface area contributed by atoms with Crippen LogP contribution in [0.15, 0.2) is 77.0 Å². The molecule has 172 valence electrons. The van der Waals surface area contributed by atoms with Gasteiger partial charge in [-0.15, -0.1) is 0 Å². The number of rotatable bonds is 10. The highest BCUT2D eigenvalue weighted by atomic mass is 19.4. The van der Waals surface area contributed by atoms with Gasteiger partial charge in [0, 0.05) is 12.0 Å². The molecule has 0 saturated carbocycles. The Hall–Kier alpha value is -3.22. The molecule has 4 nitrogen and oxygen atoms in total. The smallest absolute Gasteiger partial charge is 0.398 e. The van der Waals surface area contributed by atoms with Gasteiger partial charge in [-0.25, -0.2) is 0 Å².